The number of nitrogen functional groups attached to an aromatic ring is 1. The van der Waals surface area contributed by atoms with Crippen molar-refractivity contribution < 1.29 is 0 Å². The smallest absolute Gasteiger partial charge is 0.223 e. The highest BCUT2D eigenvalue weighted by molar-refractivity contribution is 6.33. The van der Waals surface area contributed by atoms with Crippen LogP contribution in [0.15, 0.2) is 60.9 Å². The van der Waals surface area contributed by atoms with Crippen molar-refractivity contribution in [1.29, 1.82) is 0 Å². The zero-order valence-corrected chi connectivity index (χ0v) is 14.5. The molecule has 0 saturated carbocycles. The van der Waals surface area contributed by atoms with E-state index < -0.39 is 0 Å². The predicted octanol–water partition coefficient (Wildman–Crippen LogP) is 3.51. The fraction of sp³-hybridized carbons (Fsp3) is 0.0500. The third kappa shape index (κ3) is 3.37. The summed E-state index contributed by atoms with van der Waals surface area (Å²) in [5, 5.41) is 0.262. The van der Waals surface area contributed by atoms with Crippen LogP contribution in [0, 0.1) is 11.8 Å². The van der Waals surface area contributed by atoms with Crippen molar-refractivity contribution >= 4 is 28.7 Å². The minimum Gasteiger partial charge on any atom is -0.368 e. The highest BCUT2D eigenvalue weighted by atomic mass is 35.5. The zero-order valence-electron chi connectivity index (χ0n) is 13.7. The molecule has 5 nitrogen and oxygen atoms in total. The molecule has 0 radical (unpaired) electrons. The summed E-state index contributed by atoms with van der Waals surface area (Å²) in [6.45, 7) is 0.607. The Bertz CT molecular complexity index is 1120. The van der Waals surface area contributed by atoms with Crippen LogP contribution < -0.4 is 5.73 Å². The third-order valence-corrected chi connectivity index (χ3v) is 4.13. The molecule has 0 atom stereocenters. The van der Waals surface area contributed by atoms with Gasteiger partial charge in [-0.25, -0.2) is 4.98 Å². The minimum atomic E-state index is 0.135. The molecule has 0 aliphatic heterocycles. The Morgan fingerprint density at radius 1 is 0.923 bits per heavy atom. The van der Waals surface area contributed by atoms with Gasteiger partial charge in [-0.05, 0) is 29.8 Å². The Hall–Kier alpha value is -3.36. The maximum atomic E-state index is 6.06. The average molecular weight is 360 g/mol. The molecule has 0 unspecified atom stereocenters. The second-order valence-corrected chi connectivity index (χ2v) is 6.09. The molecule has 0 amide bonds. The van der Waals surface area contributed by atoms with E-state index in [-0.39, 0.29) is 11.1 Å². The van der Waals surface area contributed by atoms with Crippen LogP contribution in [0.25, 0.3) is 11.2 Å². The monoisotopic (exact) mass is 359 g/mol. The molecule has 2 aromatic carbocycles. The highest BCUT2D eigenvalue weighted by Crippen LogP contribution is 2.20. The second kappa shape index (κ2) is 6.87. The Kier molecular flexibility index (Phi) is 4.26. The van der Waals surface area contributed by atoms with Gasteiger partial charge in [0, 0.05) is 11.1 Å². The van der Waals surface area contributed by atoms with Crippen molar-refractivity contribution in [1.82, 2.24) is 19.5 Å². The Labute approximate surface area is 155 Å². The molecule has 2 aromatic heterocycles. The molecular formula is C20H14ClN5. The quantitative estimate of drug-likeness (QED) is 0.439. The summed E-state index contributed by atoms with van der Waals surface area (Å²) in [6.07, 6.45) is 1.69. The first-order valence-electron chi connectivity index (χ1n) is 7.99. The first kappa shape index (κ1) is 16.1. The molecule has 0 aliphatic rings. The van der Waals surface area contributed by atoms with Crippen molar-refractivity contribution in [3.8, 4) is 11.8 Å². The molecule has 0 saturated heterocycles. The molecule has 2 N–H and O–H groups in total. The van der Waals surface area contributed by atoms with Gasteiger partial charge < -0.3 is 10.3 Å². The summed E-state index contributed by atoms with van der Waals surface area (Å²) in [7, 11) is 0. The van der Waals surface area contributed by atoms with Crippen LogP contribution in [0.4, 0.5) is 5.95 Å². The van der Waals surface area contributed by atoms with Gasteiger partial charge >= 0.3 is 0 Å². The van der Waals surface area contributed by atoms with Crippen molar-refractivity contribution in [2.75, 3.05) is 5.73 Å². The van der Waals surface area contributed by atoms with Gasteiger partial charge in [0.2, 0.25) is 5.95 Å². The number of hydrogen-bond acceptors (Lipinski definition) is 4. The topological polar surface area (TPSA) is 69.6 Å². The lowest BCUT2D eigenvalue weighted by atomic mass is 10.1. The number of hydrogen-bond donors (Lipinski definition) is 1. The number of benzene rings is 2. The number of nitrogens with zero attached hydrogens (tertiary/aromatic N) is 4. The van der Waals surface area contributed by atoms with Gasteiger partial charge in [-0.15, -0.1) is 0 Å². The van der Waals surface area contributed by atoms with E-state index in [2.05, 4.69) is 26.8 Å². The van der Waals surface area contributed by atoms with Crippen molar-refractivity contribution in [3.63, 3.8) is 0 Å². The summed E-state index contributed by atoms with van der Waals surface area (Å²) in [4.78, 5) is 12.4. The molecule has 6 heteroatoms. The maximum Gasteiger partial charge on any atom is 0.223 e. The van der Waals surface area contributed by atoms with Crippen LogP contribution in [0.3, 0.4) is 0 Å². The molecule has 26 heavy (non-hydrogen) atoms. The summed E-state index contributed by atoms with van der Waals surface area (Å²) in [5.74, 6) is 6.45. The Morgan fingerprint density at radius 2 is 1.62 bits per heavy atom. The lowest BCUT2D eigenvalue weighted by Gasteiger charge is -2.05. The van der Waals surface area contributed by atoms with Gasteiger partial charge in [-0.3, -0.25) is 0 Å². The molecular weight excluding hydrogens is 346 g/mol. The van der Waals surface area contributed by atoms with E-state index in [1.165, 1.54) is 0 Å². The number of rotatable bonds is 2. The molecule has 0 fully saturated rings. The standard InChI is InChI=1S/C20H14ClN5/c21-18-17-19(25-20(22)24-18)26(13-23-17)12-16-10-8-15(9-11-16)7-6-14-4-2-1-3-5-14/h1-5,8-11,13H,12H2,(H2,22,24,25). The third-order valence-electron chi connectivity index (χ3n) is 3.87. The fourth-order valence-corrected chi connectivity index (χ4v) is 2.82. The van der Waals surface area contributed by atoms with Crippen molar-refractivity contribution in [2.45, 2.75) is 6.54 Å². The summed E-state index contributed by atoms with van der Waals surface area (Å²) in [6, 6.07) is 18.0. The van der Waals surface area contributed by atoms with Crippen molar-refractivity contribution in [2.24, 2.45) is 0 Å². The van der Waals surface area contributed by atoms with E-state index in [0.29, 0.717) is 17.7 Å². The number of halogens is 1. The van der Waals surface area contributed by atoms with E-state index in [0.717, 1.165) is 16.7 Å². The molecule has 0 aliphatic carbocycles. The first-order valence-corrected chi connectivity index (χ1v) is 8.37. The Morgan fingerprint density at radius 3 is 2.35 bits per heavy atom. The summed E-state index contributed by atoms with van der Waals surface area (Å²) >= 11 is 6.06. The van der Waals surface area contributed by atoms with Crippen LogP contribution in [0.2, 0.25) is 5.15 Å². The van der Waals surface area contributed by atoms with E-state index in [9.17, 15) is 0 Å². The summed E-state index contributed by atoms with van der Waals surface area (Å²) < 4.78 is 1.89. The normalized spacial score (nSPS) is 10.5. The highest BCUT2D eigenvalue weighted by Gasteiger charge is 2.10. The van der Waals surface area contributed by atoms with Crippen LogP contribution >= 0.6 is 11.6 Å². The van der Waals surface area contributed by atoms with Crippen LogP contribution in [0.5, 0.6) is 0 Å². The van der Waals surface area contributed by atoms with Gasteiger partial charge in [0.05, 0.1) is 12.9 Å². The molecule has 4 rings (SSSR count). The van der Waals surface area contributed by atoms with Crippen LogP contribution in [0.1, 0.15) is 16.7 Å². The van der Waals surface area contributed by atoms with Crippen LogP contribution in [-0.2, 0) is 6.54 Å². The van der Waals surface area contributed by atoms with Gasteiger partial charge in [0.1, 0.15) is 5.52 Å². The lowest BCUT2D eigenvalue weighted by Crippen LogP contribution is -2.02. The van der Waals surface area contributed by atoms with Gasteiger partial charge in [0.25, 0.3) is 0 Å². The number of anilines is 1. The van der Waals surface area contributed by atoms with Gasteiger partial charge in [-0.2, -0.15) is 9.97 Å². The second-order valence-electron chi connectivity index (χ2n) is 5.73. The summed E-state index contributed by atoms with van der Waals surface area (Å²) in [5.41, 5.74) is 9.91. The molecule has 126 valence electrons. The largest absolute Gasteiger partial charge is 0.368 e. The molecule has 4 aromatic rings. The van der Waals surface area contributed by atoms with Crippen molar-refractivity contribution in [3.05, 3.63) is 82.8 Å². The van der Waals surface area contributed by atoms with Gasteiger partial charge in [0.15, 0.2) is 10.8 Å². The minimum absolute atomic E-state index is 0.135. The van der Waals surface area contributed by atoms with Crippen LogP contribution in [-0.4, -0.2) is 19.5 Å². The number of aromatic nitrogens is 4. The fourth-order valence-electron chi connectivity index (χ4n) is 2.60. The number of nitrogens with two attached hydrogens (primary N) is 1. The van der Waals surface area contributed by atoms with E-state index in [4.69, 9.17) is 17.3 Å². The van der Waals surface area contributed by atoms with E-state index >= 15 is 0 Å². The molecule has 0 spiro atoms. The first-order chi connectivity index (χ1) is 12.7. The molecule has 0 bridgehead atoms. The average Bonchev–Trinajstić information content (AvgIpc) is 3.05. The predicted molar refractivity (Wildman–Crippen MR) is 103 cm³/mol. The Balaban J connectivity index is 1.56. The maximum absolute atomic E-state index is 6.06. The number of fused-ring (bicyclic) bond motifs is 1. The van der Waals surface area contributed by atoms with E-state index in [1.807, 2.05) is 59.2 Å². The van der Waals surface area contributed by atoms with E-state index in [1.54, 1.807) is 6.33 Å². The lowest BCUT2D eigenvalue weighted by molar-refractivity contribution is 0.814. The SMILES string of the molecule is Nc1nc(Cl)c2ncn(Cc3ccc(C#Cc4ccccc4)cc3)c2n1. The zero-order chi connectivity index (χ0) is 17.9. The molecule has 2 heterocycles. The van der Waals surface area contributed by atoms with Gasteiger partial charge in [-0.1, -0.05) is 53.8 Å². The number of imidazole rings is 1.